The van der Waals surface area contributed by atoms with Gasteiger partial charge in [0.1, 0.15) is 0 Å². The molecule has 2 aromatic rings. The minimum Gasteiger partial charge on any atom is -0.378 e. The van der Waals surface area contributed by atoms with Crippen molar-refractivity contribution in [2.24, 2.45) is 0 Å². The molecule has 1 aromatic carbocycles. The van der Waals surface area contributed by atoms with Gasteiger partial charge in [0.2, 0.25) is 0 Å². The van der Waals surface area contributed by atoms with E-state index in [1.54, 1.807) is 0 Å². The van der Waals surface area contributed by atoms with Gasteiger partial charge in [0, 0.05) is 54.5 Å². The van der Waals surface area contributed by atoms with Gasteiger partial charge in [-0.15, -0.1) is 0 Å². The summed E-state index contributed by atoms with van der Waals surface area (Å²) in [5.41, 5.74) is 3.76. The van der Waals surface area contributed by atoms with Gasteiger partial charge >= 0.3 is 0 Å². The van der Waals surface area contributed by atoms with Crippen LogP contribution in [0.15, 0.2) is 29.2 Å². The van der Waals surface area contributed by atoms with Crippen molar-refractivity contribution in [1.82, 2.24) is 24.5 Å². The molecule has 1 amide bonds. The fourth-order valence-electron chi connectivity index (χ4n) is 5.89. The lowest BCUT2D eigenvalue weighted by Crippen LogP contribution is -2.57. The Morgan fingerprint density at radius 2 is 1.89 bits per heavy atom. The van der Waals surface area contributed by atoms with Crippen molar-refractivity contribution in [1.29, 1.82) is 0 Å². The van der Waals surface area contributed by atoms with Crippen LogP contribution in [0.3, 0.4) is 0 Å². The lowest BCUT2D eigenvalue weighted by Gasteiger charge is -2.41. The van der Waals surface area contributed by atoms with Gasteiger partial charge in [0.05, 0.1) is 38.0 Å². The van der Waals surface area contributed by atoms with E-state index >= 15 is 0 Å². The van der Waals surface area contributed by atoms with Crippen molar-refractivity contribution >= 4 is 22.3 Å². The maximum Gasteiger partial charge on any atom is 0.274 e. The zero-order valence-electron chi connectivity index (χ0n) is 20.5. The second kappa shape index (κ2) is 9.63. The number of nitrogens with zero attached hydrogens (tertiary/aromatic N) is 5. The molecule has 0 bridgehead atoms. The number of piperidine rings is 1. The third-order valence-corrected chi connectivity index (χ3v) is 9.37. The molecule has 194 valence electrons. The normalized spacial score (nSPS) is 26.2. The monoisotopic (exact) mass is 517 g/mol. The molecule has 0 radical (unpaired) electrons. The van der Waals surface area contributed by atoms with E-state index in [0.717, 1.165) is 55.0 Å². The Morgan fingerprint density at radius 3 is 2.67 bits per heavy atom. The van der Waals surface area contributed by atoms with E-state index in [4.69, 9.17) is 9.84 Å². The number of carbonyl (C=O) groups excluding carboxylic acids is 1. The first-order valence-corrected chi connectivity index (χ1v) is 14.4. The number of carbonyl (C=O) groups is 1. The van der Waals surface area contributed by atoms with Crippen LogP contribution in [-0.4, -0.2) is 108 Å². The first kappa shape index (κ1) is 24.2. The molecule has 3 fully saturated rings. The average molecular weight is 518 g/mol. The number of hydrogen-bond donors (Lipinski definition) is 0. The molecule has 4 aliphatic rings. The molecule has 0 N–H and O–H groups in total. The molecule has 2 unspecified atom stereocenters. The molecule has 1 aromatic heterocycles. The van der Waals surface area contributed by atoms with E-state index < -0.39 is 5.92 Å². The molecule has 7 nitrogen and oxygen atoms in total. The Morgan fingerprint density at radius 1 is 1.14 bits per heavy atom. The number of hydrogen-bond acceptors (Lipinski definition) is 5. The fraction of sp³-hybridized carbons (Fsp3) is 0.577. The first-order valence-electron chi connectivity index (χ1n) is 12.8. The lowest BCUT2D eigenvalue weighted by atomic mass is 10.0. The number of aromatic nitrogens is 2. The maximum atomic E-state index is 13.6. The Kier molecular flexibility index (Phi) is 6.47. The molecule has 0 saturated carbocycles. The number of halogens is 2. The number of alkyl halides is 2. The zero-order chi connectivity index (χ0) is 24.9. The molecule has 0 aliphatic carbocycles. The highest BCUT2D eigenvalue weighted by Gasteiger charge is 2.43. The standard InChI is InChI=1S/C26H33F2N5O2S/c1-36-16-21-23(25(34)32-11-13-35-14-12-32)29-33(24(21)20-6-2-3-7-22(20)36)19-5-4-8-30(15-19)9-10-31-17-26(27,28)18-31/h2-3,6-7,19H,1,4-5,8-18H2. The molecule has 6 rings (SSSR count). The number of likely N-dealkylation sites (tertiary alicyclic amines) is 2. The van der Waals surface area contributed by atoms with Gasteiger partial charge < -0.3 is 9.64 Å². The fourth-order valence-corrected chi connectivity index (χ4v) is 7.42. The van der Waals surface area contributed by atoms with Gasteiger partial charge in [-0.25, -0.2) is 8.78 Å². The van der Waals surface area contributed by atoms with Crippen LogP contribution in [0.1, 0.15) is 34.9 Å². The van der Waals surface area contributed by atoms with Crippen LogP contribution in [0.5, 0.6) is 0 Å². The number of rotatable bonds is 5. The predicted octanol–water partition coefficient (Wildman–Crippen LogP) is 3.18. The van der Waals surface area contributed by atoms with Crippen LogP contribution in [0.4, 0.5) is 8.78 Å². The largest absolute Gasteiger partial charge is 0.378 e. The third-order valence-electron chi connectivity index (χ3n) is 7.75. The second-order valence-electron chi connectivity index (χ2n) is 10.3. The highest BCUT2D eigenvalue weighted by Crippen LogP contribution is 2.47. The van der Waals surface area contributed by atoms with Crippen LogP contribution in [0.25, 0.3) is 11.3 Å². The Hall–Kier alpha value is -2.14. The van der Waals surface area contributed by atoms with Crippen molar-refractivity contribution in [3.63, 3.8) is 0 Å². The van der Waals surface area contributed by atoms with Crippen LogP contribution < -0.4 is 0 Å². The molecular formula is C26H33F2N5O2S. The first-order chi connectivity index (χ1) is 17.4. The summed E-state index contributed by atoms with van der Waals surface area (Å²) in [5.74, 6) is 2.61. The smallest absolute Gasteiger partial charge is 0.274 e. The number of ether oxygens (including phenoxy) is 1. The zero-order valence-corrected chi connectivity index (χ0v) is 21.3. The average Bonchev–Trinajstić information content (AvgIpc) is 3.26. The summed E-state index contributed by atoms with van der Waals surface area (Å²) in [6.07, 6.45) is 2.00. The molecule has 10 heteroatoms. The molecule has 2 atom stereocenters. The van der Waals surface area contributed by atoms with E-state index in [9.17, 15) is 13.6 Å². The van der Waals surface area contributed by atoms with E-state index in [2.05, 4.69) is 33.7 Å². The van der Waals surface area contributed by atoms with E-state index in [0.29, 0.717) is 38.5 Å². The third kappa shape index (κ3) is 4.53. The van der Waals surface area contributed by atoms with Crippen molar-refractivity contribution in [3.8, 4) is 11.3 Å². The summed E-state index contributed by atoms with van der Waals surface area (Å²) < 4.78 is 34.1. The van der Waals surface area contributed by atoms with Gasteiger partial charge in [-0.3, -0.25) is 19.3 Å². The van der Waals surface area contributed by atoms with Gasteiger partial charge in [-0.1, -0.05) is 24.1 Å². The minimum atomic E-state index is -2.53. The summed E-state index contributed by atoms with van der Waals surface area (Å²) >= 11 is 0. The number of morpholine rings is 1. The van der Waals surface area contributed by atoms with Crippen molar-refractivity contribution in [3.05, 3.63) is 35.5 Å². The summed E-state index contributed by atoms with van der Waals surface area (Å²) in [4.78, 5) is 20.9. The summed E-state index contributed by atoms with van der Waals surface area (Å²) in [6, 6.07) is 8.50. The van der Waals surface area contributed by atoms with E-state index in [-0.39, 0.29) is 35.5 Å². The molecular weight excluding hydrogens is 484 g/mol. The van der Waals surface area contributed by atoms with Crippen LogP contribution in [0, 0.1) is 0 Å². The van der Waals surface area contributed by atoms with Gasteiger partial charge in [0.15, 0.2) is 5.69 Å². The number of amides is 1. The van der Waals surface area contributed by atoms with Gasteiger partial charge in [0.25, 0.3) is 11.8 Å². The summed E-state index contributed by atoms with van der Waals surface area (Å²) in [5, 5.41) is 5.03. The van der Waals surface area contributed by atoms with Crippen molar-refractivity contribution < 1.29 is 18.3 Å². The Balaban J connectivity index is 1.30. The predicted molar refractivity (Wildman–Crippen MR) is 137 cm³/mol. The topological polar surface area (TPSA) is 53.8 Å². The molecule has 4 aliphatic heterocycles. The lowest BCUT2D eigenvalue weighted by molar-refractivity contribution is -0.131. The van der Waals surface area contributed by atoms with Crippen molar-refractivity contribution in [2.75, 3.05) is 65.6 Å². The maximum absolute atomic E-state index is 13.6. The summed E-state index contributed by atoms with van der Waals surface area (Å²) in [6.45, 7) is 5.21. The Bertz CT molecular complexity index is 1170. The number of benzene rings is 1. The Labute approximate surface area is 212 Å². The molecule has 36 heavy (non-hydrogen) atoms. The van der Waals surface area contributed by atoms with Crippen LogP contribution in [0.2, 0.25) is 0 Å². The minimum absolute atomic E-state index is 0.0175. The van der Waals surface area contributed by atoms with Crippen molar-refractivity contribution in [2.45, 2.75) is 35.5 Å². The van der Waals surface area contributed by atoms with Crippen LogP contribution in [-0.2, 0) is 10.5 Å². The van der Waals surface area contributed by atoms with E-state index in [1.807, 2.05) is 15.9 Å². The molecule has 5 heterocycles. The van der Waals surface area contributed by atoms with E-state index in [1.165, 1.54) is 4.90 Å². The highest BCUT2D eigenvalue weighted by atomic mass is 32.2. The van der Waals surface area contributed by atoms with Crippen LogP contribution >= 0.6 is 10.5 Å². The highest BCUT2D eigenvalue weighted by molar-refractivity contribution is 8.13. The molecule has 0 spiro atoms. The SMILES string of the molecule is C=S1Cc2c(C(=O)N3CCOCC3)nn(C3CCCN(CCN4CC(F)(F)C4)C3)c2-c2ccccc21. The quantitative estimate of drug-likeness (QED) is 0.571. The number of fused-ring (bicyclic) bond motifs is 3. The summed E-state index contributed by atoms with van der Waals surface area (Å²) in [7, 11) is -0.242. The second-order valence-corrected chi connectivity index (χ2v) is 12.0. The molecule has 3 saturated heterocycles. The van der Waals surface area contributed by atoms with Gasteiger partial charge in [-0.2, -0.15) is 15.6 Å². The van der Waals surface area contributed by atoms with Gasteiger partial charge in [-0.05, 0) is 25.5 Å².